The highest BCUT2D eigenvalue weighted by atomic mass is 32.2. The van der Waals surface area contributed by atoms with E-state index in [0.29, 0.717) is 41.1 Å². The van der Waals surface area contributed by atoms with Gasteiger partial charge in [0.05, 0.1) is 16.7 Å². The Balaban J connectivity index is 1.21. The molecule has 2 aliphatic rings. The molecule has 1 saturated carbocycles. The lowest BCUT2D eigenvalue weighted by atomic mass is 10.1. The Morgan fingerprint density at radius 2 is 1.89 bits per heavy atom. The molecular weight excluding hydrogens is 488 g/mol. The molecule has 1 aliphatic carbocycles. The number of nitrogens with one attached hydrogen (secondary N) is 1. The fourth-order valence-corrected chi connectivity index (χ4v) is 7.30. The molecule has 8 nitrogen and oxygen atoms in total. The number of piperidine rings is 1. The quantitative estimate of drug-likeness (QED) is 0.470. The molecule has 1 aromatic carbocycles. The molecule has 1 saturated heterocycles. The van der Waals surface area contributed by atoms with Crippen LogP contribution in [0.4, 0.5) is 0 Å². The molecule has 1 aliphatic heterocycles. The number of nitrogens with zero attached hydrogens (tertiary/aromatic N) is 3. The van der Waals surface area contributed by atoms with Crippen LogP contribution in [0.25, 0.3) is 11.5 Å². The van der Waals surface area contributed by atoms with Gasteiger partial charge in [0, 0.05) is 36.1 Å². The van der Waals surface area contributed by atoms with E-state index in [0.717, 1.165) is 37.9 Å². The maximum absolute atomic E-state index is 13.3. The van der Waals surface area contributed by atoms with Crippen LogP contribution < -0.4 is 5.32 Å². The number of hydrogen-bond donors (Lipinski definition) is 1. The number of carbonyl (C=O) groups excluding carboxylic acids is 1. The third-order valence-electron chi connectivity index (χ3n) is 7.57. The van der Waals surface area contributed by atoms with Gasteiger partial charge in [-0.2, -0.15) is 0 Å². The van der Waals surface area contributed by atoms with Crippen LogP contribution >= 0.6 is 0 Å². The molecule has 2 aromatic heterocycles. The molecule has 5 rings (SSSR count). The zero-order valence-electron chi connectivity index (χ0n) is 21.2. The van der Waals surface area contributed by atoms with Crippen LogP contribution in [-0.4, -0.2) is 53.6 Å². The van der Waals surface area contributed by atoms with E-state index >= 15 is 0 Å². The minimum atomic E-state index is -3.33. The SMILES string of the molecule is Cc1oc(-c2ccc(C(=O)NCc3cccnc3)cc2)nc1CS(=O)(=O)[C@H]1CC[C@H](N2CCCCC2)C1. The summed E-state index contributed by atoms with van der Waals surface area (Å²) in [6.45, 7) is 4.33. The monoisotopic (exact) mass is 522 g/mol. The van der Waals surface area contributed by atoms with E-state index in [1.807, 2.05) is 12.1 Å². The first-order valence-electron chi connectivity index (χ1n) is 13.1. The van der Waals surface area contributed by atoms with E-state index in [1.54, 1.807) is 43.6 Å². The maximum atomic E-state index is 13.3. The van der Waals surface area contributed by atoms with Gasteiger partial charge >= 0.3 is 0 Å². The molecule has 37 heavy (non-hydrogen) atoms. The fraction of sp³-hybridized carbons (Fsp3) is 0.464. The van der Waals surface area contributed by atoms with Crippen LogP contribution in [0.3, 0.4) is 0 Å². The average molecular weight is 523 g/mol. The lowest BCUT2D eigenvalue weighted by Gasteiger charge is -2.32. The minimum Gasteiger partial charge on any atom is -0.441 e. The van der Waals surface area contributed by atoms with Crippen molar-refractivity contribution >= 4 is 15.7 Å². The Labute approximate surface area is 218 Å². The van der Waals surface area contributed by atoms with Crippen LogP contribution in [0.5, 0.6) is 0 Å². The minimum absolute atomic E-state index is 0.103. The molecule has 2 fully saturated rings. The van der Waals surface area contributed by atoms with Gasteiger partial charge in [0.1, 0.15) is 5.76 Å². The number of oxazole rings is 1. The highest BCUT2D eigenvalue weighted by molar-refractivity contribution is 7.91. The highest BCUT2D eigenvalue weighted by Crippen LogP contribution is 2.33. The summed E-state index contributed by atoms with van der Waals surface area (Å²) in [5.74, 6) is 0.587. The summed E-state index contributed by atoms with van der Waals surface area (Å²) in [4.78, 5) is 23.6. The Hall–Kier alpha value is -3.04. The molecule has 0 radical (unpaired) electrons. The average Bonchev–Trinajstić information content (AvgIpc) is 3.56. The van der Waals surface area contributed by atoms with Crippen LogP contribution in [0, 0.1) is 6.92 Å². The van der Waals surface area contributed by atoms with Crippen molar-refractivity contribution in [3.8, 4) is 11.5 Å². The molecule has 196 valence electrons. The topological polar surface area (TPSA) is 105 Å². The molecule has 9 heteroatoms. The summed E-state index contributed by atoms with van der Waals surface area (Å²) in [5, 5.41) is 2.56. The largest absolute Gasteiger partial charge is 0.441 e. The molecule has 2 atom stereocenters. The van der Waals surface area contributed by atoms with E-state index in [1.165, 1.54) is 19.3 Å². The molecule has 0 unspecified atom stereocenters. The third-order valence-corrected chi connectivity index (χ3v) is 9.69. The zero-order chi connectivity index (χ0) is 25.8. The smallest absolute Gasteiger partial charge is 0.251 e. The molecular formula is C28H34N4O4S. The maximum Gasteiger partial charge on any atom is 0.251 e. The highest BCUT2D eigenvalue weighted by Gasteiger charge is 2.37. The zero-order valence-corrected chi connectivity index (χ0v) is 22.0. The first-order chi connectivity index (χ1) is 17.9. The van der Waals surface area contributed by atoms with E-state index < -0.39 is 9.84 Å². The third kappa shape index (κ3) is 6.10. The number of carbonyl (C=O) groups is 1. The Morgan fingerprint density at radius 1 is 1.11 bits per heavy atom. The lowest BCUT2D eigenvalue weighted by Crippen LogP contribution is -2.38. The number of sulfone groups is 1. The number of rotatable bonds is 8. The second-order valence-corrected chi connectivity index (χ2v) is 12.4. The van der Waals surface area contributed by atoms with Gasteiger partial charge in [-0.25, -0.2) is 13.4 Å². The standard InChI is InChI=1S/C28H34N4O4S/c1-20-26(19-37(34,35)25-12-11-24(16-25)32-14-3-2-4-15-32)31-28(36-20)23-9-7-22(8-10-23)27(33)30-18-21-6-5-13-29-17-21/h5-10,13,17,24-25H,2-4,11-12,14-16,18-19H2,1H3,(H,30,33)/t24-,25-/m0/s1. The van der Waals surface area contributed by atoms with Crippen molar-refractivity contribution in [2.75, 3.05) is 13.1 Å². The van der Waals surface area contributed by atoms with Gasteiger partial charge in [0.15, 0.2) is 9.84 Å². The first-order valence-corrected chi connectivity index (χ1v) is 14.8. The summed E-state index contributed by atoms with van der Waals surface area (Å²) in [5.41, 5.74) is 2.60. The fourth-order valence-electron chi connectivity index (χ4n) is 5.40. The van der Waals surface area contributed by atoms with Gasteiger partial charge in [-0.3, -0.25) is 9.78 Å². The lowest BCUT2D eigenvalue weighted by molar-refractivity contribution is 0.0951. The van der Waals surface area contributed by atoms with Gasteiger partial charge < -0.3 is 14.6 Å². The van der Waals surface area contributed by atoms with Crippen molar-refractivity contribution in [2.24, 2.45) is 0 Å². The summed E-state index contributed by atoms with van der Waals surface area (Å²) in [6.07, 6.45) is 9.50. The molecule has 1 amide bonds. The van der Waals surface area contributed by atoms with Crippen LogP contribution in [0.2, 0.25) is 0 Å². The number of pyridine rings is 1. The summed E-state index contributed by atoms with van der Waals surface area (Å²) < 4.78 is 32.4. The summed E-state index contributed by atoms with van der Waals surface area (Å²) in [6, 6.07) is 11.1. The van der Waals surface area contributed by atoms with Crippen molar-refractivity contribution < 1.29 is 17.6 Å². The van der Waals surface area contributed by atoms with Crippen molar-refractivity contribution in [3.05, 3.63) is 71.4 Å². The predicted octanol–water partition coefficient (Wildman–Crippen LogP) is 4.30. The van der Waals surface area contributed by atoms with E-state index in [4.69, 9.17) is 4.42 Å². The molecule has 0 bridgehead atoms. The van der Waals surface area contributed by atoms with Gasteiger partial charge in [-0.1, -0.05) is 12.5 Å². The Morgan fingerprint density at radius 3 is 2.62 bits per heavy atom. The number of likely N-dealkylation sites (tertiary alicyclic amines) is 1. The number of hydrogen-bond acceptors (Lipinski definition) is 7. The van der Waals surface area contributed by atoms with Crippen LogP contribution in [-0.2, 0) is 22.1 Å². The predicted molar refractivity (Wildman–Crippen MR) is 142 cm³/mol. The number of aromatic nitrogens is 2. The summed E-state index contributed by atoms with van der Waals surface area (Å²) >= 11 is 0. The molecule has 1 N–H and O–H groups in total. The van der Waals surface area contributed by atoms with E-state index in [2.05, 4.69) is 20.2 Å². The first kappa shape index (κ1) is 25.6. The Kier molecular flexibility index (Phi) is 7.71. The van der Waals surface area contributed by atoms with Gasteiger partial charge in [0.25, 0.3) is 5.91 Å². The van der Waals surface area contributed by atoms with Gasteiger partial charge in [-0.15, -0.1) is 0 Å². The second kappa shape index (κ2) is 11.1. The second-order valence-electron chi connectivity index (χ2n) is 10.1. The number of aryl methyl sites for hydroxylation is 1. The van der Waals surface area contributed by atoms with E-state index in [-0.39, 0.29) is 16.9 Å². The normalized spacial score (nSPS) is 20.7. The molecule has 3 aromatic rings. The summed E-state index contributed by atoms with van der Waals surface area (Å²) in [7, 11) is -3.33. The number of amides is 1. The number of benzene rings is 1. The van der Waals surface area contributed by atoms with Crippen molar-refractivity contribution in [1.29, 1.82) is 0 Å². The molecule has 0 spiro atoms. The van der Waals surface area contributed by atoms with E-state index in [9.17, 15) is 13.2 Å². The van der Waals surface area contributed by atoms with Crippen LogP contribution in [0.1, 0.15) is 65.9 Å². The van der Waals surface area contributed by atoms with Gasteiger partial charge in [0.2, 0.25) is 5.89 Å². The van der Waals surface area contributed by atoms with Crippen molar-refractivity contribution in [2.45, 2.75) is 69.0 Å². The van der Waals surface area contributed by atoms with Crippen molar-refractivity contribution in [1.82, 2.24) is 20.2 Å². The Bertz CT molecular complexity index is 1320. The molecule has 3 heterocycles. The van der Waals surface area contributed by atoms with Crippen molar-refractivity contribution in [3.63, 3.8) is 0 Å². The van der Waals surface area contributed by atoms with Crippen LogP contribution in [0.15, 0.2) is 53.2 Å². The van der Waals surface area contributed by atoms with Gasteiger partial charge in [-0.05, 0) is 88.0 Å².